The summed E-state index contributed by atoms with van der Waals surface area (Å²) in [6, 6.07) is 8.36. The zero-order chi connectivity index (χ0) is 14.8. The van der Waals surface area contributed by atoms with Gasteiger partial charge in [-0.3, -0.25) is 0 Å². The van der Waals surface area contributed by atoms with Gasteiger partial charge in [-0.15, -0.1) is 0 Å². The van der Waals surface area contributed by atoms with Crippen molar-refractivity contribution in [2.24, 2.45) is 0 Å². The highest BCUT2D eigenvalue weighted by Crippen LogP contribution is 2.38. The minimum Gasteiger partial charge on any atom is -0.486 e. The summed E-state index contributed by atoms with van der Waals surface area (Å²) in [5.74, 6) is 1.03. The molecule has 0 spiro atoms. The Bertz CT molecular complexity index is 681. The van der Waals surface area contributed by atoms with Crippen LogP contribution in [0, 0.1) is 5.82 Å². The molecule has 0 amide bonds. The lowest BCUT2D eigenvalue weighted by Crippen LogP contribution is -2.16. The number of nitrogens with one attached hydrogen (secondary N) is 1. The Kier molecular flexibility index (Phi) is 4.22. The third kappa shape index (κ3) is 3.24. The van der Waals surface area contributed by atoms with Crippen LogP contribution in [0.15, 0.2) is 34.8 Å². The Balaban J connectivity index is 1.77. The van der Waals surface area contributed by atoms with E-state index in [9.17, 15) is 4.39 Å². The first-order valence-electron chi connectivity index (χ1n) is 6.40. The van der Waals surface area contributed by atoms with E-state index >= 15 is 0 Å². The Morgan fingerprint density at radius 3 is 2.81 bits per heavy atom. The van der Waals surface area contributed by atoms with E-state index in [-0.39, 0.29) is 5.82 Å². The Morgan fingerprint density at radius 1 is 1.19 bits per heavy atom. The van der Waals surface area contributed by atoms with Crippen molar-refractivity contribution < 1.29 is 13.9 Å². The molecule has 0 fully saturated rings. The molecule has 1 heterocycles. The fourth-order valence-electron chi connectivity index (χ4n) is 2.10. The van der Waals surface area contributed by atoms with Gasteiger partial charge in [-0.2, -0.15) is 0 Å². The topological polar surface area (TPSA) is 30.5 Å². The lowest BCUT2D eigenvalue weighted by Gasteiger charge is -2.20. The minimum absolute atomic E-state index is 0.375. The molecule has 0 aromatic heterocycles. The first-order valence-corrected chi connectivity index (χ1v) is 7.57. The molecule has 6 heteroatoms. The highest BCUT2D eigenvalue weighted by molar-refractivity contribution is 9.10. The molecule has 0 bridgehead atoms. The number of ether oxygens (including phenoxy) is 2. The van der Waals surface area contributed by atoms with Crippen LogP contribution in [0.3, 0.4) is 0 Å². The van der Waals surface area contributed by atoms with Gasteiger partial charge in [0.15, 0.2) is 11.5 Å². The molecule has 1 aliphatic rings. The average molecular weight is 373 g/mol. The number of halogens is 3. The molecular weight excluding hydrogens is 361 g/mol. The summed E-state index contributed by atoms with van der Waals surface area (Å²) in [5.41, 5.74) is 1.37. The van der Waals surface area contributed by atoms with Crippen LogP contribution in [0.4, 0.5) is 10.1 Å². The molecular formula is C15H12BrClFNO2. The van der Waals surface area contributed by atoms with E-state index in [4.69, 9.17) is 21.1 Å². The fraction of sp³-hybridized carbons (Fsp3) is 0.200. The summed E-state index contributed by atoms with van der Waals surface area (Å²) in [5, 5.41) is 3.41. The Morgan fingerprint density at radius 2 is 2.00 bits per heavy atom. The summed E-state index contributed by atoms with van der Waals surface area (Å²) in [7, 11) is 0. The highest BCUT2D eigenvalue weighted by Gasteiger charge is 2.16. The van der Waals surface area contributed by atoms with Crippen molar-refractivity contribution in [1.29, 1.82) is 0 Å². The largest absolute Gasteiger partial charge is 0.486 e. The van der Waals surface area contributed by atoms with Crippen LogP contribution in [0.2, 0.25) is 5.02 Å². The molecule has 0 radical (unpaired) electrons. The normalized spacial score (nSPS) is 13.1. The summed E-state index contributed by atoms with van der Waals surface area (Å²) in [4.78, 5) is 0. The predicted octanol–water partition coefficient (Wildman–Crippen LogP) is 4.62. The third-order valence-electron chi connectivity index (χ3n) is 3.07. The number of fused-ring (bicyclic) bond motifs is 1. The molecule has 110 valence electrons. The fourth-order valence-corrected chi connectivity index (χ4v) is 2.86. The van der Waals surface area contributed by atoms with Gasteiger partial charge in [0.05, 0.1) is 10.2 Å². The molecule has 2 aromatic rings. The maximum absolute atomic E-state index is 13.7. The number of hydrogen-bond donors (Lipinski definition) is 1. The SMILES string of the molecule is Fc1cc(Cl)ccc1NCc1cc(Br)c2c(c1)OCCO2. The zero-order valence-corrected chi connectivity index (χ0v) is 13.3. The van der Waals surface area contributed by atoms with Crippen molar-refractivity contribution in [3.8, 4) is 11.5 Å². The number of rotatable bonds is 3. The molecule has 0 unspecified atom stereocenters. The standard InChI is InChI=1S/C15H12BrClFNO2/c16-11-5-9(6-14-15(11)21-4-3-20-14)8-19-13-2-1-10(17)7-12(13)18/h1-2,5-7,19H,3-4,8H2. The summed E-state index contributed by atoms with van der Waals surface area (Å²) in [6.07, 6.45) is 0. The van der Waals surface area contributed by atoms with E-state index in [0.29, 0.717) is 42.0 Å². The maximum atomic E-state index is 13.7. The molecule has 1 N–H and O–H groups in total. The molecule has 3 rings (SSSR count). The van der Waals surface area contributed by atoms with Crippen LogP contribution in [-0.4, -0.2) is 13.2 Å². The van der Waals surface area contributed by atoms with Crippen molar-refractivity contribution >= 4 is 33.2 Å². The maximum Gasteiger partial charge on any atom is 0.175 e. The highest BCUT2D eigenvalue weighted by atomic mass is 79.9. The number of anilines is 1. The first kappa shape index (κ1) is 14.5. The lowest BCUT2D eigenvalue weighted by atomic mass is 10.2. The summed E-state index contributed by atoms with van der Waals surface area (Å²) >= 11 is 9.19. The molecule has 3 nitrogen and oxygen atoms in total. The van der Waals surface area contributed by atoms with Crippen molar-refractivity contribution in [2.75, 3.05) is 18.5 Å². The quantitative estimate of drug-likeness (QED) is 0.852. The Hall–Kier alpha value is -1.46. The molecule has 1 aliphatic heterocycles. The molecule has 0 saturated carbocycles. The van der Waals surface area contributed by atoms with Crippen LogP contribution in [0.1, 0.15) is 5.56 Å². The van der Waals surface area contributed by atoms with Crippen molar-refractivity contribution in [3.63, 3.8) is 0 Å². The van der Waals surface area contributed by atoms with E-state index in [0.717, 1.165) is 10.0 Å². The van der Waals surface area contributed by atoms with Gasteiger partial charge in [-0.25, -0.2) is 4.39 Å². The number of benzene rings is 2. The van der Waals surface area contributed by atoms with E-state index in [1.807, 2.05) is 12.1 Å². The smallest absolute Gasteiger partial charge is 0.175 e. The van der Waals surface area contributed by atoms with Gasteiger partial charge in [-0.05, 0) is 51.8 Å². The van der Waals surface area contributed by atoms with Gasteiger partial charge < -0.3 is 14.8 Å². The first-order chi connectivity index (χ1) is 10.1. The van der Waals surface area contributed by atoms with Crippen molar-refractivity contribution in [3.05, 3.63) is 51.2 Å². The summed E-state index contributed by atoms with van der Waals surface area (Å²) in [6.45, 7) is 1.54. The van der Waals surface area contributed by atoms with Gasteiger partial charge >= 0.3 is 0 Å². The van der Waals surface area contributed by atoms with E-state index in [2.05, 4.69) is 21.2 Å². The van der Waals surface area contributed by atoms with Crippen molar-refractivity contribution in [2.45, 2.75) is 6.54 Å². The van der Waals surface area contributed by atoms with Crippen LogP contribution >= 0.6 is 27.5 Å². The number of hydrogen-bond acceptors (Lipinski definition) is 3. The second-order valence-electron chi connectivity index (χ2n) is 4.58. The van der Waals surface area contributed by atoms with Crippen LogP contribution < -0.4 is 14.8 Å². The van der Waals surface area contributed by atoms with Gasteiger partial charge in [0, 0.05) is 11.6 Å². The molecule has 0 aliphatic carbocycles. The summed E-state index contributed by atoms with van der Waals surface area (Å²) < 4.78 is 25.6. The molecule has 0 saturated heterocycles. The van der Waals surface area contributed by atoms with E-state index in [1.54, 1.807) is 12.1 Å². The van der Waals surface area contributed by atoms with Crippen LogP contribution in [0.25, 0.3) is 0 Å². The van der Waals surface area contributed by atoms with Gasteiger partial charge in [0.25, 0.3) is 0 Å². The average Bonchev–Trinajstić information content (AvgIpc) is 2.46. The van der Waals surface area contributed by atoms with E-state index in [1.165, 1.54) is 6.07 Å². The van der Waals surface area contributed by atoms with Gasteiger partial charge in [0.1, 0.15) is 19.0 Å². The van der Waals surface area contributed by atoms with Crippen LogP contribution in [0.5, 0.6) is 11.5 Å². The van der Waals surface area contributed by atoms with Gasteiger partial charge in [0.2, 0.25) is 0 Å². The van der Waals surface area contributed by atoms with Crippen LogP contribution in [-0.2, 0) is 6.54 Å². The van der Waals surface area contributed by atoms with Gasteiger partial charge in [-0.1, -0.05) is 11.6 Å². The second kappa shape index (κ2) is 6.12. The van der Waals surface area contributed by atoms with Crippen molar-refractivity contribution in [1.82, 2.24) is 0 Å². The molecule has 0 atom stereocenters. The zero-order valence-electron chi connectivity index (χ0n) is 11.0. The lowest BCUT2D eigenvalue weighted by molar-refractivity contribution is 0.170. The second-order valence-corrected chi connectivity index (χ2v) is 5.87. The molecule has 2 aromatic carbocycles. The predicted molar refractivity (Wildman–Crippen MR) is 83.9 cm³/mol. The van der Waals surface area contributed by atoms with E-state index < -0.39 is 0 Å². The monoisotopic (exact) mass is 371 g/mol. The Labute approximate surface area is 135 Å². The third-order valence-corrected chi connectivity index (χ3v) is 3.89. The minimum atomic E-state index is -0.376. The molecule has 21 heavy (non-hydrogen) atoms.